The number of hydrogen-bond donors (Lipinski definition) is 2. The van der Waals surface area contributed by atoms with E-state index in [0.717, 1.165) is 50.3 Å². The fourth-order valence-electron chi connectivity index (χ4n) is 2.81. The van der Waals surface area contributed by atoms with E-state index in [2.05, 4.69) is 5.32 Å². The number of ether oxygens (including phenoxy) is 3. The van der Waals surface area contributed by atoms with Crippen LogP contribution < -0.4 is 10.1 Å². The van der Waals surface area contributed by atoms with E-state index in [-0.39, 0.29) is 11.8 Å². The van der Waals surface area contributed by atoms with Gasteiger partial charge in [-0.15, -0.1) is 0 Å². The number of rotatable bonds is 7. The minimum absolute atomic E-state index is 0.207. The van der Waals surface area contributed by atoms with Gasteiger partial charge in [-0.2, -0.15) is 0 Å². The second-order valence-corrected chi connectivity index (χ2v) is 5.60. The van der Waals surface area contributed by atoms with Crippen molar-refractivity contribution < 1.29 is 19.3 Å². The van der Waals surface area contributed by atoms with Crippen LogP contribution in [-0.2, 0) is 9.47 Å². The maximum absolute atomic E-state index is 9.42. The van der Waals surface area contributed by atoms with E-state index in [0.29, 0.717) is 19.3 Å². The Hall–Kier alpha value is -1.30. The second-order valence-electron chi connectivity index (χ2n) is 5.60. The van der Waals surface area contributed by atoms with Crippen LogP contribution in [0.15, 0.2) is 18.2 Å². The van der Waals surface area contributed by atoms with Gasteiger partial charge in [0, 0.05) is 24.8 Å². The number of hydrogen-bond acceptors (Lipinski definition) is 5. The molecule has 5 heteroatoms. The van der Waals surface area contributed by atoms with E-state index in [1.54, 1.807) is 12.1 Å². The first-order valence-corrected chi connectivity index (χ1v) is 7.71. The monoisotopic (exact) mass is 293 g/mol. The van der Waals surface area contributed by atoms with E-state index in [9.17, 15) is 5.11 Å². The Balaban J connectivity index is 1.32. The molecule has 0 aliphatic carbocycles. The Morgan fingerprint density at radius 3 is 3.19 bits per heavy atom. The summed E-state index contributed by atoms with van der Waals surface area (Å²) in [6.07, 6.45) is 3.56. The minimum Gasteiger partial charge on any atom is -0.508 e. The first kappa shape index (κ1) is 14.6. The molecule has 2 aliphatic rings. The molecule has 2 unspecified atom stereocenters. The molecule has 1 fully saturated rings. The molecule has 2 aliphatic heterocycles. The van der Waals surface area contributed by atoms with Crippen molar-refractivity contribution in [1.29, 1.82) is 0 Å². The van der Waals surface area contributed by atoms with E-state index in [1.807, 2.05) is 6.07 Å². The van der Waals surface area contributed by atoms with E-state index in [4.69, 9.17) is 14.2 Å². The molecule has 21 heavy (non-hydrogen) atoms. The van der Waals surface area contributed by atoms with Gasteiger partial charge in [0.15, 0.2) is 0 Å². The predicted molar refractivity (Wildman–Crippen MR) is 78.8 cm³/mol. The molecule has 116 valence electrons. The Labute approximate surface area is 125 Å². The molecule has 3 rings (SSSR count). The molecule has 2 atom stereocenters. The zero-order valence-electron chi connectivity index (χ0n) is 12.2. The highest BCUT2D eigenvalue weighted by atomic mass is 16.5. The number of nitrogens with one attached hydrogen (secondary N) is 1. The van der Waals surface area contributed by atoms with Gasteiger partial charge in [0.2, 0.25) is 0 Å². The first-order valence-electron chi connectivity index (χ1n) is 7.71. The Bertz CT molecular complexity index is 460. The van der Waals surface area contributed by atoms with Gasteiger partial charge < -0.3 is 24.6 Å². The summed E-state index contributed by atoms with van der Waals surface area (Å²) in [4.78, 5) is 0. The first-order chi connectivity index (χ1) is 10.3. The quantitative estimate of drug-likeness (QED) is 0.753. The number of phenols is 1. The molecule has 1 saturated heterocycles. The third-order valence-electron chi connectivity index (χ3n) is 3.96. The fourth-order valence-corrected chi connectivity index (χ4v) is 2.81. The van der Waals surface area contributed by atoms with Crippen molar-refractivity contribution in [3.8, 4) is 11.5 Å². The molecular formula is C16H23NO4. The molecule has 1 aromatic rings. The molecule has 0 amide bonds. The molecule has 0 spiro atoms. The summed E-state index contributed by atoms with van der Waals surface area (Å²) in [5, 5.41) is 12.9. The van der Waals surface area contributed by atoms with Crippen molar-refractivity contribution in [2.24, 2.45) is 0 Å². The number of aromatic hydroxyl groups is 1. The third kappa shape index (κ3) is 3.87. The second kappa shape index (κ2) is 7.11. The summed E-state index contributed by atoms with van der Waals surface area (Å²) < 4.78 is 16.7. The summed E-state index contributed by atoms with van der Waals surface area (Å²) in [5.74, 6) is 1.03. The third-order valence-corrected chi connectivity index (χ3v) is 3.96. The highest BCUT2D eigenvalue weighted by molar-refractivity contribution is 5.44. The summed E-state index contributed by atoms with van der Waals surface area (Å²) in [6.45, 7) is 3.86. The van der Waals surface area contributed by atoms with Crippen LogP contribution >= 0.6 is 0 Å². The van der Waals surface area contributed by atoms with E-state index >= 15 is 0 Å². The molecule has 5 nitrogen and oxygen atoms in total. The topological polar surface area (TPSA) is 60.0 Å². The molecule has 0 aromatic heterocycles. The van der Waals surface area contributed by atoms with Crippen LogP contribution in [0, 0.1) is 0 Å². The highest BCUT2D eigenvalue weighted by Gasteiger charge is 2.23. The predicted octanol–water partition coefficient (Wildman–Crippen LogP) is 2.00. The molecule has 0 saturated carbocycles. The van der Waals surface area contributed by atoms with Gasteiger partial charge in [-0.1, -0.05) is 0 Å². The van der Waals surface area contributed by atoms with Crippen molar-refractivity contribution in [3.63, 3.8) is 0 Å². The van der Waals surface area contributed by atoms with Gasteiger partial charge >= 0.3 is 0 Å². The average molecular weight is 293 g/mol. The number of fused-ring (bicyclic) bond motifs is 1. The zero-order valence-corrected chi connectivity index (χ0v) is 12.2. The van der Waals surface area contributed by atoms with E-state index < -0.39 is 0 Å². The van der Waals surface area contributed by atoms with Crippen molar-refractivity contribution in [2.75, 3.05) is 33.0 Å². The fraction of sp³-hybridized carbons (Fsp3) is 0.625. The van der Waals surface area contributed by atoms with Gasteiger partial charge in [0.1, 0.15) is 18.1 Å². The molecular weight excluding hydrogens is 270 g/mol. The Morgan fingerprint density at radius 2 is 2.33 bits per heavy atom. The SMILES string of the molecule is Oc1ccc2c(c1)OCC2NCCCOCC1CCCO1. The standard InChI is InChI=1S/C16H23NO4/c18-12-4-5-14-15(11-21-16(14)9-12)17-6-2-7-19-10-13-3-1-8-20-13/h4-5,9,13,15,17-18H,1-3,6-8,10-11H2. The molecule has 2 heterocycles. The highest BCUT2D eigenvalue weighted by Crippen LogP contribution is 2.34. The molecule has 0 radical (unpaired) electrons. The van der Waals surface area contributed by atoms with E-state index in [1.165, 1.54) is 0 Å². The van der Waals surface area contributed by atoms with Crippen LogP contribution in [0.3, 0.4) is 0 Å². The lowest BCUT2D eigenvalue weighted by Gasteiger charge is -2.13. The largest absolute Gasteiger partial charge is 0.508 e. The average Bonchev–Trinajstić information content (AvgIpc) is 3.12. The Morgan fingerprint density at radius 1 is 1.38 bits per heavy atom. The number of benzene rings is 1. The van der Waals surface area contributed by atoms with Crippen LogP contribution in [0.5, 0.6) is 11.5 Å². The van der Waals surface area contributed by atoms with Crippen LogP contribution in [0.1, 0.15) is 30.9 Å². The van der Waals surface area contributed by atoms with Crippen LogP contribution in [0.25, 0.3) is 0 Å². The molecule has 1 aromatic carbocycles. The normalized spacial score (nSPS) is 24.0. The van der Waals surface area contributed by atoms with Crippen LogP contribution in [0.2, 0.25) is 0 Å². The zero-order chi connectivity index (χ0) is 14.5. The maximum Gasteiger partial charge on any atom is 0.127 e. The van der Waals surface area contributed by atoms with Gasteiger partial charge in [-0.05, 0) is 37.9 Å². The summed E-state index contributed by atoms with van der Waals surface area (Å²) >= 11 is 0. The lowest BCUT2D eigenvalue weighted by molar-refractivity contribution is 0.0165. The summed E-state index contributed by atoms with van der Waals surface area (Å²) in [7, 11) is 0. The summed E-state index contributed by atoms with van der Waals surface area (Å²) in [5.41, 5.74) is 1.12. The van der Waals surface area contributed by atoms with Gasteiger partial charge in [0.05, 0.1) is 18.8 Å². The lowest BCUT2D eigenvalue weighted by Crippen LogP contribution is -2.24. The van der Waals surface area contributed by atoms with Gasteiger partial charge in [-0.25, -0.2) is 0 Å². The van der Waals surface area contributed by atoms with Gasteiger partial charge in [-0.3, -0.25) is 0 Å². The van der Waals surface area contributed by atoms with Crippen LogP contribution in [0.4, 0.5) is 0 Å². The maximum atomic E-state index is 9.42. The van der Waals surface area contributed by atoms with Crippen molar-refractivity contribution in [1.82, 2.24) is 5.32 Å². The lowest BCUT2D eigenvalue weighted by atomic mass is 10.1. The van der Waals surface area contributed by atoms with Crippen molar-refractivity contribution >= 4 is 0 Å². The van der Waals surface area contributed by atoms with Crippen molar-refractivity contribution in [2.45, 2.75) is 31.4 Å². The molecule has 0 bridgehead atoms. The Kier molecular flexibility index (Phi) is 4.95. The summed E-state index contributed by atoms with van der Waals surface area (Å²) in [6, 6.07) is 5.50. The minimum atomic E-state index is 0.207. The molecule has 2 N–H and O–H groups in total. The van der Waals surface area contributed by atoms with Gasteiger partial charge in [0.25, 0.3) is 0 Å². The smallest absolute Gasteiger partial charge is 0.127 e. The van der Waals surface area contributed by atoms with Crippen molar-refractivity contribution in [3.05, 3.63) is 23.8 Å². The number of phenolic OH excluding ortho intramolecular Hbond substituents is 1. The van der Waals surface area contributed by atoms with Crippen LogP contribution in [-0.4, -0.2) is 44.2 Å².